The maximum absolute atomic E-state index is 13.0. The number of allylic oxidation sites excluding steroid dienone is 2. The van der Waals surface area contributed by atoms with Crippen LogP contribution in [0.1, 0.15) is 84.4 Å². The van der Waals surface area contributed by atoms with Crippen LogP contribution in [0.4, 0.5) is 0 Å². The fraction of sp³-hybridized carbons (Fsp3) is 0.488. The molecule has 3 N–H and O–H groups in total. The minimum absolute atomic E-state index is 0.121. The highest BCUT2D eigenvalue weighted by atomic mass is 35.5. The summed E-state index contributed by atoms with van der Waals surface area (Å²) in [6.45, 7) is 19.4. The zero-order chi connectivity index (χ0) is 38.3. The maximum atomic E-state index is 13.0. The number of aldehydes is 1. The molecule has 2 amide bonds. The van der Waals surface area contributed by atoms with E-state index < -0.39 is 11.5 Å². The van der Waals surface area contributed by atoms with Crippen LogP contribution in [-0.4, -0.2) is 56.1 Å². The van der Waals surface area contributed by atoms with Crippen molar-refractivity contribution >= 4 is 35.8 Å². The van der Waals surface area contributed by atoms with Gasteiger partial charge in [0.2, 0.25) is 11.8 Å². The van der Waals surface area contributed by atoms with Gasteiger partial charge in [-0.05, 0) is 67.4 Å². The number of aryl methyl sites for hydroxylation is 1. The molecule has 0 aliphatic heterocycles. The molecule has 0 heterocycles. The summed E-state index contributed by atoms with van der Waals surface area (Å²) in [4.78, 5) is 36.9. The maximum Gasteiger partial charge on any atom is 0.244 e. The van der Waals surface area contributed by atoms with E-state index >= 15 is 0 Å². The second kappa shape index (κ2) is 25.1. The van der Waals surface area contributed by atoms with Crippen LogP contribution in [0, 0.1) is 24.2 Å². The van der Waals surface area contributed by atoms with Crippen molar-refractivity contribution in [3.05, 3.63) is 94.7 Å². The van der Waals surface area contributed by atoms with Gasteiger partial charge in [0.25, 0.3) is 0 Å². The second-order valence-corrected chi connectivity index (χ2v) is 13.6. The van der Waals surface area contributed by atoms with E-state index in [2.05, 4.69) is 81.3 Å². The average molecular weight is 713 g/mol. The van der Waals surface area contributed by atoms with Crippen molar-refractivity contribution in [1.29, 1.82) is 0 Å². The van der Waals surface area contributed by atoms with E-state index in [1.165, 1.54) is 18.7 Å². The third-order valence-electron chi connectivity index (χ3n) is 7.40. The van der Waals surface area contributed by atoms with E-state index in [1.54, 1.807) is 39.2 Å². The van der Waals surface area contributed by atoms with Crippen LogP contribution >= 0.6 is 11.6 Å². The Morgan fingerprint density at radius 1 is 1.02 bits per heavy atom. The number of halogens is 1. The zero-order valence-electron chi connectivity index (χ0n) is 31.8. The average Bonchev–Trinajstić information content (AvgIpc) is 3.07. The van der Waals surface area contributed by atoms with Gasteiger partial charge in [-0.15, -0.1) is 0 Å². The van der Waals surface area contributed by atoms with Crippen molar-refractivity contribution in [3.63, 3.8) is 0 Å². The number of hydrogen-bond acceptors (Lipinski definition) is 6. The number of ether oxygens (including phenoxy) is 2. The first kappa shape index (κ1) is 46.1. The Morgan fingerprint density at radius 3 is 2.14 bits per heavy atom. The number of benzene rings is 2. The lowest BCUT2D eigenvalue weighted by atomic mass is 9.95. The number of aliphatic hydroxyl groups is 1. The summed E-state index contributed by atoms with van der Waals surface area (Å²) in [5.41, 5.74) is 2.45. The lowest BCUT2D eigenvalue weighted by Crippen LogP contribution is -2.49. The number of rotatable bonds is 18. The van der Waals surface area contributed by atoms with Gasteiger partial charge >= 0.3 is 0 Å². The second-order valence-electron chi connectivity index (χ2n) is 13.2. The lowest BCUT2D eigenvalue weighted by Gasteiger charge is -2.22. The summed E-state index contributed by atoms with van der Waals surface area (Å²) in [5, 5.41) is 14.9. The third-order valence-corrected chi connectivity index (χ3v) is 7.70. The van der Waals surface area contributed by atoms with Crippen molar-refractivity contribution in [2.75, 3.05) is 20.8 Å². The highest BCUT2D eigenvalue weighted by Crippen LogP contribution is 2.25. The highest BCUT2D eigenvalue weighted by Gasteiger charge is 2.24. The summed E-state index contributed by atoms with van der Waals surface area (Å²) in [7, 11) is 3.11. The van der Waals surface area contributed by atoms with Gasteiger partial charge in [0, 0.05) is 25.5 Å². The van der Waals surface area contributed by atoms with Crippen molar-refractivity contribution in [2.24, 2.45) is 17.3 Å². The fourth-order valence-corrected chi connectivity index (χ4v) is 4.68. The molecule has 3 atom stereocenters. The molecule has 278 valence electrons. The van der Waals surface area contributed by atoms with E-state index in [0.29, 0.717) is 22.6 Å². The van der Waals surface area contributed by atoms with Gasteiger partial charge < -0.3 is 30.0 Å². The predicted octanol–water partition coefficient (Wildman–Crippen LogP) is 8.86. The predicted molar refractivity (Wildman–Crippen MR) is 208 cm³/mol. The molecule has 0 bridgehead atoms. The third kappa shape index (κ3) is 20.0. The molecule has 3 unspecified atom stereocenters. The molecule has 0 radical (unpaired) electrons. The number of hydrogen-bond donors (Lipinski definition) is 3. The molecule has 0 aliphatic carbocycles. The zero-order valence-corrected chi connectivity index (χ0v) is 32.6. The number of methoxy groups -OCH3 is 2. The van der Waals surface area contributed by atoms with E-state index in [1.807, 2.05) is 19.9 Å². The smallest absolute Gasteiger partial charge is 0.244 e. The van der Waals surface area contributed by atoms with Gasteiger partial charge in [-0.2, -0.15) is 0 Å². The summed E-state index contributed by atoms with van der Waals surface area (Å²) in [6, 6.07) is 12.7. The number of carbonyl (C=O) groups is 3. The molecule has 8 nitrogen and oxygen atoms in total. The minimum atomic E-state index is -0.839. The van der Waals surface area contributed by atoms with Gasteiger partial charge in [-0.3, -0.25) is 9.59 Å². The first-order chi connectivity index (χ1) is 23.6. The monoisotopic (exact) mass is 712 g/mol. The van der Waals surface area contributed by atoms with Crippen LogP contribution in [0.15, 0.2) is 73.0 Å². The SMILES string of the molecule is C=C(O)C(CC(C)C)OC.CC.COc1ccc(CC(NC(=O)/C=C/CC(C)C/C=C/c2ccc(C)cc2)C(=O)NCC(C)(C)C=O)cc1Cl. The van der Waals surface area contributed by atoms with Crippen molar-refractivity contribution < 1.29 is 29.0 Å². The number of carbonyl (C=O) groups excluding carboxylic acids is 3. The van der Waals surface area contributed by atoms with Gasteiger partial charge in [-0.1, -0.05) is 121 Å². The van der Waals surface area contributed by atoms with Crippen LogP contribution < -0.4 is 15.4 Å². The Hall–Kier alpha value is -3.88. The van der Waals surface area contributed by atoms with Crippen LogP contribution in [0.5, 0.6) is 5.75 Å². The molecule has 0 saturated heterocycles. The number of amides is 2. The fourth-order valence-electron chi connectivity index (χ4n) is 4.40. The van der Waals surface area contributed by atoms with E-state index in [4.69, 9.17) is 26.2 Å². The molecule has 2 aromatic rings. The first-order valence-corrected chi connectivity index (χ1v) is 17.7. The summed E-state index contributed by atoms with van der Waals surface area (Å²) >= 11 is 6.25. The largest absolute Gasteiger partial charge is 0.510 e. The summed E-state index contributed by atoms with van der Waals surface area (Å²) in [5.74, 6) is 0.792. The molecule has 0 fully saturated rings. The van der Waals surface area contributed by atoms with Crippen molar-refractivity contribution in [2.45, 2.75) is 93.2 Å². The molecular formula is C41H61ClN2O6. The molecule has 0 aromatic heterocycles. The van der Waals surface area contributed by atoms with E-state index in [9.17, 15) is 14.4 Å². The van der Waals surface area contributed by atoms with Gasteiger partial charge in [0.05, 0.1) is 12.1 Å². The van der Waals surface area contributed by atoms with Crippen molar-refractivity contribution in [1.82, 2.24) is 10.6 Å². The van der Waals surface area contributed by atoms with Crippen LogP contribution in [0.3, 0.4) is 0 Å². The normalized spacial score (nSPS) is 13.0. The van der Waals surface area contributed by atoms with E-state index in [-0.39, 0.29) is 36.6 Å². The standard InChI is InChI=1S/C31H39ClN2O4.C8H16O2.C2H6/c1-22(8-6-10-24-14-12-23(2)13-15-24)9-7-11-29(36)34-27(30(37)33-20-31(3,4)21-35)19-25-16-17-28(38-5)26(32)18-25;1-6(2)5-8(10-4)7(3)9;1-2/h6-7,10-18,21-22,27H,8-9,19-20H2,1-5H3,(H,33,37)(H,34,36);6,8-9H,3,5H2,1-2,4H3;1-2H3/b10-6+,11-7+;;. The Balaban J connectivity index is 0.00000171. The van der Waals surface area contributed by atoms with Gasteiger partial charge in [0.1, 0.15) is 29.9 Å². The van der Waals surface area contributed by atoms with Crippen LogP contribution in [0.25, 0.3) is 6.08 Å². The minimum Gasteiger partial charge on any atom is -0.510 e. The number of aliphatic hydroxyl groups excluding tert-OH is 1. The molecule has 9 heteroatoms. The topological polar surface area (TPSA) is 114 Å². The van der Waals surface area contributed by atoms with Crippen LogP contribution in [-0.2, 0) is 25.5 Å². The Morgan fingerprint density at radius 2 is 1.64 bits per heavy atom. The van der Waals surface area contributed by atoms with Crippen LogP contribution in [0.2, 0.25) is 5.02 Å². The van der Waals surface area contributed by atoms with Gasteiger partial charge in [0.15, 0.2) is 0 Å². The first-order valence-electron chi connectivity index (χ1n) is 17.3. The summed E-state index contributed by atoms with van der Waals surface area (Å²) < 4.78 is 10.2. The van der Waals surface area contributed by atoms with Crippen molar-refractivity contribution in [3.8, 4) is 5.75 Å². The molecule has 0 spiro atoms. The molecule has 0 saturated carbocycles. The highest BCUT2D eigenvalue weighted by molar-refractivity contribution is 6.32. The molecule has 0 aliphatic rings. The molecule has 2 aromatic carbocycles. The quantitative estimate of drug-likeness (QED) is 0.0809. The Labute approximate surface area is 306 Å². The van der Waals surface area contributed by atoms with E-state index in [0.717, 1.165) is 36.7 Å². The van der Waals surface area contributed by atoms with Gasteiger partial charge in [-0.25, -0.2) is 0 Å². The molecule has 50 heavy (non-hydrogen) atoms. The molecular weight excluding hydrogens is 652 g/mol. The lowest BCUT2D eigenvalue weighted by molar-refractivity contribution is -0.127. The Bertz CT molecular complexity index is 1370. The summed E-state index contributed by atoms with van der Waals surface area (Å²) in [6.07, 6.45) is 10.8. The molecule has 2 rings (SSSR count). The Kier molecular flexibility index (Phi) is 23.2. The number of nitrogens with one attached hydrogen (secondary N) is 2.